The molecular formula is C14H12BrF2NO2S. The van der Waals surface area contributed by atoms with Crippen LogP contribution in [-0.2, 0) is 10.0 Å². The van der Waals surface area contributed by atoms with Crippen LogP contribution in [0.5, 0.6) is 0 Å². The van der Waals surface area contributed by atoms with Crippen LogP contribution in [0.2, 0.25) is 0 Å². The van der Waals surface area contributed by atoms with E-state index in [2.05, 4.69) is 15.9 Å². The molecule has 2 rings (SSSR count). The molecule has 0 radical (unpaired) electrons. The van der Waals surface area contributed by atoms with E-state index in [-0.39, 0.29) is 12.2 Å². The number of anilines is 1. The summed E-state index contributed by atoms with van der Waals surface area (Å²) in [5.74, 6) is -1.31. The maximum Gasteiger partial charge on any atom is 0.267 e. The Morgan fingerprint density at radius 2 is 1.71 bits per heavy atom. The van der Waals surface area contributed by atoms with Gasteiger partial charge in [-0.15, -0.1) is 0 Å². The fourth-order valence-electron chi connectivity index (χ4n) is 1.90. The van der Waals surface area contributed by atoms with Gasteiger partial charge in [-0.1, -0.05) is 15.9 Å². The lowest BCUT2D eigenvalue weighted by atomic mass is 10.3. The Bertz CT molecular complexity index is 748. The van der Waals surface area contributed by atoms with E-state index in [9.17, 15) is 17.2 Å². The average molecular weight is 376 g/mol. The van der Waals surface area contributed by atoms with Gasteiger partial charge in [0.1, 0.15) is 16.5 Å². The van der Waals surface area contributed by atoms with Gasteiger partial charge in [0.2, 0.25) is 0 Å². The molecule has 0 spiro atoms. The van der Waals surface area contributed by atoms with Crippen molar-refractivity contribution in [1.82, 2.24) is 0 Å². The first-order valence-electron chi connectivity index (χ1n) is 6.09. The molecule has 0 aliphatic heterocycles. The van der Waals surface area contributed by atoms with Crippen molar-refractivity contribution < 1.29 is 17.2 Å². The van der Waals surface area contributed by atoms with Gasteiger partial charge in [-0.05, 0) is 49.4 Å². The van der Waals surface area contributed by atoms with Gasteiger partial charge in [-0.25, -0.2) is 17.2 Å². The molecule has 0 saturated heterocycles. The van der Waals surface area contributed by atoms with Gasteiger partial charge in [0.15, 0.2) is 0 Å². The van der Waals surface area contributed by atoms with Crippen molar-refractivity contribution in [3.8, 4) is 0 Å². The number of hydrogen-bond acceptors (Lipinski definition) is 2. The van der Waals surface area contributed by atoms with Crippen LogP contribution in [0.1, 0.15) is 6.92 Å². The fraction of sp³-hybridized carbons (Fsp3) is 0.143. The zero-order valence-electron chi connectivity index (χ0n) is 11.1. The minimum Gasteiger partial charge on any atom is -0.267 e. The molecule has 3 nitrogen and oxygen atoms in total. The van der Waals surface area contributed by atoms with Gasteiger partial charge in [0, 0.05) is 11.0 Å². The maximum absolute atomic E-state index is 13.9. The Hall–Kier alpha value is -1.47. The predicted octanol–water partition coefficient (Wildman–Crippen LogP) is 3.94. The highest BCUT2D eigenvalue weighted by molar-refractivity contribution is 9.10. The van der Waals surface area contributed by atoms with Gasteiger partial charge >= 0.3 is 0 Å². The van der Waals surface area contributed by atoms with E-state index in [4.69, 9.17) is 0 Å². The Labute approximate surface area is 130 Å². The summed E-state index contributed by atoms with van der Waals surface area (Å²) >= 11 is 3.08. The Balaban J connectivity index is 2.51. The third-order valence-corrected chi connectivity index (χ3v) is 5.29. The molecule has 0 aromatic heterocycles. The second-order valence-electron chi connectivity index (χ2n) is 4.22. The zero-order valence-corrected chi connectivity index (χ0v) is 13.5. The number of rotatable bonds is 4. The van der Waals surface area contributed by atoms with E-state index < -0.39 is 26.6 Å². The molecule has 0 aliphatic carbocycles. The number of halogens is 3. The maximum atomic E-state index is 13.9. The van der Waals surface area contributed by atoms with Crippen molar-refractivity contribution in [3.63, 3.8) is 0 Å². The quantitative estimate of drug-likeness (QED) is 0.811. The smallest absolute Gasteiger partial charge is 0.267 e. The van der Waals surface area contributed by atoms with Gasteiger partial charge in [0.05, 0.1) is 5.69 Å². The van der Waals surface area contributed by atoms with Crippen molar-refractivity contribution in [1.29, 1.82) is 0 Å². The highest BCUT2D eigenvalue weighted by Crippen LogP contribution is 2.26. The van der Waals surface area contributed by atoms with E-state index in [1.54, 1.807) is 6.92 Å². The van der Waals surface area contributed by atoms with E-state index in [0.717, 1.165) is 22.5 Å². The van der Waals surface area contributed by atoms with Crippen LogP contribution in [-0.4, -0.2) is 15.0 Å². The lowest BCUT2D eigenvalue weighted by Crippen LogP contribution is -2.31. The minimum absolute atomic E-state index is 0.101. The SMILES string of the molecule is CCN(c1ccc(F)cc1)S(=O)(=O)c1ccc(Br)cc1F. The first-order chi connectivity index (χ1) is 9.86. The average Bonchev–Trinajstić information content (AvgIpc) is 2.41. The van der Waals surface area contributed by atoms with Crippen LogP contribution >= 0.6 is 15.9 Å². The summed E-state index contributed by atoms with van der Waals surface area (Å²) in [4.78, 5) is -0.420. The van der Waals surface area contributed by atoms with E-state index in [1.165, 1.54) is 24.3 Å². The minimum atomic E-state index is -4.05. The van der Waals surface area contributed by atoms with Crippen LogP contribution in [0.3, 0.4) is 0 Å². The molecule has 21 heavy (non-hydrogen) atoms. The number of benzene rings is 2. The van der Waals surface area contributed by atoms with Crippen molar-refractivity contribution >= 4 is 31.6 Å². The van der Waals surface area contributed by atoms with Crippen molar-refractivity contribution in [2.24, 2.45) is 0 Å². The summed E-state index contributed by atoms with van der Waals surface area (Å²) in [7, 11) is -4.05. The second-order valence-corrected chi connectivity index (χ2v) is 6.97. The molecule has 0 heterocycles. The van der Waals surface area contributed by atoms with E-state index in [1.807, 2.05) is 0 Å². The molecule has 0 saturated carbocycles. The molecule has 0 amide bonds. The number of hydrogen-bond donors (Lipinski definition) is 0. The summed E-state index contributed by atoms with van der Waals surface area (Å²) < 4.78 is 53.5. The number of sulfonamides is 1. The molecule has 7 heteroatoms. The molecule has 0 bridgehead atoms. The molecular weight excluding hydrogens is 364 g/mol. The predicted molar refractivity (Wildman–Crippen MR) is 80.7 cm³/mol. The summed E-state index contributed by atoms with van der Waals surface area (Å²) in [5.41, 5.74) is 0.279. The molecule has 0 unspecified atom stereocenters. The molecule has 0 fully saturated rings. The lowest BCUT2D eigenvalue weighted by molar-refractivity contribution is 0.563. The molecule has 112 valence electrons. The Morgan fingerprint density at radius 3 is 2.24 bits per heavy atom. The standard InChI is InChI=1S/C14H12BrF2NO2S/c1-2-18(12-6-4-11(16)5-7-12)21(19,20)14-8-3-10(15)9-13(14)17/h3-9H,2H2,1H3. The van der Waals surface area contributed by atoms with Gasteiger partial charge in [0.25, 0.3) is 10.0 Å². The van der Waals surface area contributed by atoms with Crippen LogP contribution in [0, 0.1) is 11.6 Å². The van der Waals surface area contributed by atoms with Gasteiger partial charge in [-0.3, -0.25) is 4.31 Å². The van der Waals surface area contributed by atoms with Gasteiger partial charge < -0.3 is 0 Å². The first-order valence-corrected chi connectivity index (χ1v) is 8.33. The van der Waals surface area contributed by atoms with Crippen LogP contribution < -0.4 is 4.31 Å². The molecule has 0 aliphatic rings. The van der Waals surface area contributed by atoms with E-state index >= 15 is 0 Å². The topological polar surface area (TPSA) is 37.4 Å². The van der Waals surface area contributed by atoms with Crippen molar-refractivity contribution in [3.05, 3.63) is 58.6 Å². The monoisotopic (exact) mass is 375 g/mol. The first kappa shape index (κ1) is 15.9. The van der Waals surface area contributed by atoms with Crippen molar-refractivity contribution in [2.75, 3.05) is 10.8 Å². The summed E-state index contributed by atoms with van der Waals surface area (Å²) in [5, 5.41) is 0. The summed E-state index contributed by atoms with van der Waals surface area (Å²) in [6.45, 7) is 1.72. The fourth-order valence-corrected chi connectivity index (χ4v) is 3.76. The Morgan fingerprint density at radius 1 is 1.10 bits per heavy atom. The lowest BCUT2D eigenvalue weighted by Gasteiger charge is -2.23. The summed E-state index contributed by atoms with van der Waals surface area (Å²) in [6, 6.07) is 8.73. The largest absolute Gasteiger partial charge is 0.267 e. The van der Waals surface area contributed by atoms with Crippen LogP contribution in [0.25, 0.3) is 0 Å². The van der Waals surface area contributed by atoms with Crippen molar-refractivity contribution in [2.45, 2.75) is 11.8 Å². The number of nitrogens with zero attached hydrogens (tertiary/aromatic N) is 1. The van der Waals surface area contributed by atoms with Gasteiger partial charge in [-0.2, -0.15) is 0 Å². The highest BCUT2D eigenvalue weighted by Gasteiger charge is 2.26. The molecule has 0 N–H and O–H groups in total. The molecule has 0 atom stereocenters. The third-order valence-electron chi connectivity index (χ3n) is 2.86. The van der Waals surface area contributed by atoms with Crippen LogP contribution in [0.4, 0.5) is 14.5 Å². The Kier molecular flexibility index (Phi) is 4.63. The van der Waals surface area contributed by atoms with E-state index in [0.29, 0.717) is 4.47 Å². The third kappa shape index (κ3) is 3.24. The summed E-state index contributed by atoms with van der Waals surface area (Å²) in [6.07, 6.45) is 0. The van der Waals surface area contributed by atoms with Crippen LogP contribution in [0.15, 0.2) is 51.8 Å². The second kappa shape index (κ2) is 6.11. The normalized spacial score (nSPS) is 11.4. The molecule has 2 aromatic carbocycles. The molecule has 2 aromatic rings. The highest BCUT2D eigenvalue weighted by atomic mass is 79.9. The zero-order chi connectivity index (χ0) is 15.6.